The summed E-state index contributed by atoms with van der Waals surface area (Å²) in [6.45, 7) is -1.35. The fraction of sp³-hybridized carbons (Fsp3) is 0.800. The number of carbonyl (C=O) groups excluding carboxylic acids is 2. The maximum absolute atomic E-state index is 12.1. The lowest BCUT2D eigenvalue weighted by Gasteiger charge is -2.18. The molecule has 2 N–H and O–H groups in total. The van der Waals surface area contributed by atoms with Gasteiger partial charge in [0.2, 0.25) is 11.8 Å². The van der Waals surface area contributed by atoms with Gasteiger partial charge >= 0.3 is 6.18 Å². The predicted molar refractivity (Wildman–Crippen MR) is 55.5 cm³/mol. The first kappa shape index (κ1) is 14.7. The van der Waals surface area contributed by atoms with Crippen molar-refractivity contribution in [2.24, 2.45) is 5.92 Å². The van der Waals surface area contributed by atoms with Crippen LogP contribution >= 0.6 is 0 Å². The Morgan fingerprint density at radius 2 is 2.17 bits per heavy atom. The molecule has 1 atom stereocenters. The van der Waals surface area contributed by atoms with Crippen molar-refractivity contribution in [2.75, 3.05) is 26.2 Å². The lowest BCUT2D eigenvalue weighted by atomic mass is 10.1. The fourth-order valence-electron chi connectivity index (χ4n) is 1.75. The molecule has 0 spiro atoms. The molecule has 0 aliphatic carbocycles. The van der Waals surface area contributed by atoms with Gasteiger partial charge < -0.3 is 15.3 Å². The van der Waals surface area contributed by atoms with Crippen molar-refractivity contribution in [1.82, 2.24) is 10.2 Å². The average Bonchev–Trinajstić information content (AvgIpc) is 2.58. The van der Waals surface area contributed by atoms with Crippen molar-refractivity contribution in [2.45, 2.75) is 19.0 Å². The molecular formula is C10H15F3N2O3. The number of hydrogen-bond donors (Lipinski definition) is 2. The smallest absolute Gasteiger partial charge is 0.396 e. The molecule has 1 aliphatic rings. The summed E-state index contributed by atoms with van der Waals surface area (Å²) < 4.78 is 36.4. The molecule has 0 bridgehead atoms. The van der Waals surface area contributed by atoms with Crippen molar-refractivity contribution in [3.05, 3.63) is 0 Å². The molecule has 1 saturated heterocycles. The molecule has 5 nitrogen and oxygen atoms in total. The van der Waals surface area contributed by atoms with Crippen LogP contribution in [0.25, 0.3) is 0 Å². The largest absolute Gasteiger partial charge is 0.406 e. The number of hydrogen-bond acceptors (Lipinski definition) is 3. The standard InChI is InChI=1S/C10H15F3N2O3/c11-10(12,13)6-15-5-7(4-8(15)17)9(18)14-2-1-3-16/h7,16H,1-6H2,(H,14,18). The van der Waals surface area contributed by atoms with Gasteiger partial charge in [-0.1, -0.05) is 0 Å². The molecule has 18 heavy (non-hydrogen) atoms. The minimum Gasteiger partial charge on any atom is -0.396 e. The topological polar surface area (TPSA) is 69.6 Å². The molecule has 2 amide bonds. The summed E-state index contributed by atoms with van der Waals surface area (Å²) in [6.07, 6.45) is -4.27. The summed E-state index contributed by atoms with van der Waals surface area (Å²) >= 11 is 0. The molecule has 0 aromatic rings. The van der Waals surface area contributed by atoms with E-state index in [4.69, 9.17) is 5.11 Å². The maximum Gasteiger partial charge on any atom is 0.406 e. The quantitative estimate of drug-likeness (QED) is 0.684. The van der Waals surface area contributed by atoms with Crippen LogP contribution < -0.4 is 5.32 Å². The summed E-state index contributed by atoms with van der Waals surface area (Å²) in [7, 11) is 0. The second kappa shape index (κ2) is 6.03. The number of likely N-dealkylation sites (tertiary alicyclic amines) is 1. The monoisotopic (exact) mass is 268 g/mol. The van der Waals surface area contributed by atoms with Gasteiger partial charge in [-0.15, -0.1) is 0 Å². The Morgan fingerprint density at radius 3 is 2.72 bits per heavy atom. The van der Waals surface area contributed by atoms with Gasteiger partial charge in [-0.3, -0.25) is 9.59 Å². The van der Waals surface area contributed by atoms with Gasteiger partial charge in [-0.05, 0) is 6.42 Å². The number of carbonyl (C=O) groups is 2. The average molecular weight is 268 g/mol. The van der Waals surface area contributed by atoms with Crippen LogP contribution in [0.3, 0.4) is 0 Å². The summed E-state index contributed by atoms with van der Waals surface area (Å²) in [6, 6.07) is 0. The molecular weight excluding hydrogens is 253 g/mol. The highest BCUT2D eigenvalue weighted by Gasteiger charge is 2.40. The fourth-order valence-corrected chi connectivity index (χ4v) is 1.75. The van der Waals surface area contributed by atoms with E-state index < -0.39 is 30.5 Å². The number of alkyl halides is 3. The zero-order valence-corrected chi connectivity index (χ0v) is 9.66. The number of aliphatic hydroxyl groups excluding tert-OH is 1. The zero-order valence-electron chi connectivity index (χ0n) is 9.66. The van der Waals surface area contributed by atoms with Crippen molar-refractivity contribution in [1.29, 1.82) is 0 Å². The van der Waals surface area contributed by atoms with Crippen molar-refractivity contribution in [3.63, 3.8) is 0 Å². The van der Waals surface area contributed by atoms with Crippen molar-refractivity contribution < 1.29 is 27.9 Å². The first-order chi connectivity index (χ1) is 8.33. The molecule has 0 aromatic carbocycles. The number of aliphatic hydroxyl groups is 1. The Kier molecular flexibility index (Phi) is 4.94. The van der Waals surface area contributed by atoms with Crippen molar-refractivity contribution >= 4 is 11.8 Å². The Hall–Kier alpha value is -1.31. The molecule has 1 aliphatic heterocycles. The predicted octanol–water partition coefficient (Wildman–Crippen LogP) is -0.104. The van der Waals surface area contributed by atoms with Crippen LogP contribution in [0, 0.1) is 5.92 Å². The van der Waals surface area contributed by atoms with E-state index in [0.717, 1.165) is 0 Å². The summed E-state index contributed by atoms with van der Waals surface area (Å²) in [5.74, 6) is -1.84. The van der Waals surface area contributed by atoms with E-state index in [0.29, 0.717) is 11.3 Å². The van der Waals surface area contributed by atoms with Gasteiger partial charge in [-0.25, -0.2) is 0 Å². The van der Waals surface area contributed by atoms with Crippen LogP contribution in [0.5, 0.6) is 0 Å². The summed E-state index contributed by atoms with van der Waals surface area (Å²) in [5, 5.41) is 11.0. The molecule has 104 valence electrons. The lowest BCUT2D eigenvalue weighted by Crippen LogP contribution is -2.37. The Labute approximate surface area is 102 Å². The van der Waals surface area contributed by atoms with Gasteiger partial charge in [0.05, 0.1) is 5.92 Å². The number of nitrogens with one attached hydrogen (secondary N) is 1. The zero-order chi connectivity index (χ0) is 13.8. The second-order valence-electron chi connectivity index (χ2n) is 4.16. The Bertz CT molecular complexity index is 320. The van der Waals surface area contributed by atoms with Gasteiger partial charge in [-0.2, -0.15) is 13.2 Å². The third-order valence-corrected chi connectivity index (χ3v) is 2.59. The van der Waals surface area contributed by atoms with E-state index in [2.05, 4.69) is 5.32 Å². The van der Waals surface area contributed by atoms with E-state index in [1.165, 1.54) is 0 Å². The van der Waals surface area contributed by atoms with Crippen LogP contribution in [0.1, 0.15) is 12.8 Å². The lowest BCUT2D eigenvalue weighted by molar-refractivity contribution is -0.157. The SMILES string of the molecule is O=C(NCCCO)C1CC(=O)N(CC(F)(F)F)C1. The molecule has 1 fully saturated rings. The van der Waals surface area contributed by atoms with E-state index in [1.54, 1.807) is 0 Å². The van der Waals surface area contributed by atoms with Crippen LogP contribution in [-0.2, 0) is 9.59 Å². The number of halogens is 3. The van der Waals surface area contributed by atoms with E-state index in [-0.39, 0.29) is 26.1 Å². The normalized spacial score (nSPS) is 20.3. The molecule has 0 aromatic heterocycles. The van der Waals surface area contributed by atoms with Gasteiger partial charge in [0, 0.05) is 26.1 Å². The molecule has 1 heterocycles. The van der Waals surface area contributed by atoms with Gasteiger partial charge in [0.25, 0.3) is 0 Å². The van der Waals surface area contributed by atoms with E-state index >= 15 is 0 Å². The van der Waals surface area contributed by atoms with E-state index in [1.807, 2.05) is 0 Å². The van der Waals surface area contributed by atoms with Crippen LogP contribution in [0.2, 0.25) is 0 Å². The summed E-state index contributed by atoms with van der Waals surface area (Å²) in [4.78, 5) is 23.5. The van der Waals surface area contributed by atoms with Crippen LogP contribution in [-0.4, -0.2) is 54.2 Å². The maximum atomic E-state index is 12.1. The highest BCUT2D eigenvalue weighted by Crippen LogP contribution is 2.23. The first-order valence-corrected chi connectivity index (χ1v) is 5.56. The highest BCUT2D eigenvalue weighted by atomic mass is 19.4. The molecule has 1 rings (SSSR count). The molecule has 8 heteroatoms. The Morgan fingerprint density at radius 1 is 1.50 bits per heavy atom. The molecule has 1 unspecified atom stereocenters. The minimum atomic E-state index is -4.45. The van der Waals surface area contributed by atoms with Gasteiger partial charge in [0.15, 0.2) is 0 Å². The van der Waals surface area contributed by atoms with Crippen LogP contribution in [0.15, 0.2) is 0 Å². The Balaban J connectivity index is 2.43. The molecule has 0 saturated carbocycles. The summed E-state index contributed by atoms with van der Waals surface area (Å²) in [5.41, 5.74) is 0. The van der Waals surface area contributed by atoms with Crippen molar-refractivity contribution in [3.8, 4) is 0 Å². The number of nitrogens with zero attached hydrogens (tertiary/aromatic N) is 1. The first-order valence-electron chi connectivity index (χ1n) is 5.56. The van der Waals surface area contributed by atoms with Gasteiger partial charge in [0.1, 0.15) is 6.54 Å². The third kappa shape index (κ3) is 4.52. The number of amides is 2. The minimum absolute atomic E-state index is 0.0793. The van der Waals surface area contributed by atoms with Crippen LogP contribution in [0.4, 0.5) is 13.2 Å². The third-order valence-electron chi connectivity index (χ3n) is 2.59. The second-order valence-corrected chi connectivity index (χ2v) is 4.16. The highest BCUT2D eigenvalue weighted by molar-refractivity contribution is 5.89. The molecule has 0 radical (unpaired) electrons. The number of rotatable bonds is 5. The van der Waals surface area contributed by atoms with E-state index in [9.17, 15) is 22.8 Å².